The van der Waals surface area contributed by atoms with Gasteiger partial charge in [0.1, 0.15) is 12.7 Å². The van der Waals surface area contributed by atoms with Crippen molar-refractivity contribution in [3.8, 4) is 0 Å². The number of allylic oxidation sites excluding steroid dienone is 4. The molecular weight excluding hydrogens is 780 g/mol. The normalized spacial score (nSPS) is 13.9. The third kappa shape index (κ3) is 44.5. The van der Waals surface area contributed by atoms with Gasteiger partial charge in [-0.3, -0.25) is 18.6 Å². The van der Waals surface area contributed by atoms with Crippen LogP contribution in [0.5, 0.6) is 0 Å². The lowest BCUT2D eigenvalue weighted by atomic mass is 10.0. The van der Waals surface area contributed by atoms with E-state index in [1.807, 2.05) is 0 Å². The zero-order valence-corrected chi connectivity index (χ0v) is 39.6. The molecule has 0 bridgehead atoms. The number of phosphoric acid groups is 1. The van der Waals surface area contributed by atoms with E-state index in [2.05, 4.69) is 38.2 Å². The Morgan fingerprint density at radius 1 is 0.500 bits per heavy atom. The van der Waals surface area contributed by atoms with Gasteiger partial charge in [-0.1, -0.05) is 205 Å². The van der Waals surface area contributed by atoms with E-state index in [1.54, 1.807) is 0 Å². The Morgan fingerprint density at radius 3 is 1.32 bits per heavy atom. The number of carbonyl (C=O) groups is 2. The number of rotatable bonds is 47. The van der Waals surface area contributed by atoms with Gasteiger partial charge in [-0.05, 0) is 44.9 Å². The Labute approximate surface area is 368 Å². The Hall–Kier alpha value is -1.55. The lowest BCUT2D eigenvalue weighted by molar-refractivity contribution is -0.161. The van der Waals surface area contributed by atoms with E-state index >= 15 is 0 Å². The molecule has 0 heterocycles. The molecule has 0 aromatic carbocycles. The van der Waals surface area contributed by atoms with Gasteiger partial charge < -0.3 is 24.6 Å². The van der Waals surface area contributed by atoms with Crippen LogP contribution in [-0.4, -0.2) is 65.7 Å². The zero-order chi connectivity index (χ0) is 44.0. The first kappa shape index (κ1) is 58.5. The molecule has 0 fully saturated rings. The van der Waals surface area contributed by atoms with Gasteiger partial charge >= 0.3 is 19.8 Å². The first-order valence-corrected chi connectivity index (χ1v) is 26.3. The topological polar surface area (TPSA) is 149 Å². The molecule has 1 unspecified atom stereocenters. The van der Waals surface area contributed by atoms with Gasteiger partial charge in [-0.15, -0.1) is 0 Å². The number of ether oxygens (including phenoxy) is 2. The molecular formula is C49H93O10P. The number of esters is 2. The standard InChI is InChI=1S/C49H93O10P/c1-3-5-7-9-11-13-15-17-19-20-21-22-23-24-25-27-28-30-32-34-36-38-40-48(52)56-44-47(45-58-60(54,55)57-43-46(51)42-50)59-49(53)41-39-37-35-33-31-29-26-18-16-14-12-10-8-6-4-2/h18,26,31,33,46-47,50-51H,3-17,19-25,27-30,32,34-45H2,1-2H3,(H,54,55)/b26-18+,33-31+/t46-,47-/m1/s1. The molecule has 0 saturated carbocycles. The molecule has 0 aliphatic rings. The third-order valence-corrected chi connectivity index (χ3v) is 11.8. The number of aliphatic hydroxyl groups is 2. The number of unbranched alkanes of at least 4 members (excludes halogenated alkanes) is 29. The second kappa shape index (κ2) is 45.5. The molecule has 0 rings (SSSR count). The van der Waals surface area contributed by atoms with E-state index in [1.165, 1.54) is 154 Å². The number of phosphoric ester groups is 1. The van der Waals surface area contributed by atoms with Crippen LogP contribution >= 0.6 is 7.82 Å². The van der Waals surface area contributed by atoms with Crippen molar-refractivity contribution in [1.82, 2.24) is 0 Å². The maximum absolute atomic E-state index is 12.6. The first-order chi connectivity index (χ1) is 29.2. The van der Waals surface area contributed by atoms with Gasteiger partial charge in [-0.25, -0.2) is 4.57 Å². The molecule has 3 N–H and O–H groups in total. The highest BCUT2D eigenvalue weighted by Crippen LogP contribution is 2.43. The molecule has 0 aliphatic heterocycles. The Balaban J connectivity index is 4.17. The van der Waals surface area contributed by atoms with Crippen LogP contribution in [0.4, 0.5) is 0 Å². The summed E-state index contributed by atoms with van der Waals surface area (Å²) in [4.78, 5) is 35.1. The van der Waals surface area contributed by atoms with Gasteiger partial charge in [0.15, 0.2) is 6.10 Å². The van der Waals surface area contributed by atoms with Gasteiger partial charge in [0.25, 0.3) is 0 Å². The van der Waals surface area contributed by atoms with Crippen LogP contribution in [0.2, 0.25) is 0 Å². The van der Waals surface area contributed by atoms with Crippen LogP contribution in [0.1, 0.15) is 239 Å². The maximum Gasteiger partial charge on any atom is 0.472 e. The van der Waals surface area contributed by atoms with E-state index in [4.69, 9.17) is 23.6 Å². The Kier molecular flexibility index (Phi) is 44.3. The zero-order valence-electron chi connectivity index (χ0n) is 38.7. The number of hydrogen-bond acceptors (Lipinski definition) is 9. The quantitative estimate of drug-likeness (QED) is 0.0233. The fraction of sp³-hybridized carbons (Fsp3) is 0.878. The van der Waals surface area contributed by atoms with Crippen LogP contribution in [0.25, 0.3) is 0 Å². The molecule has 354 valence electrons. The molecule has 0 amide bonds. The molecule has 10 nitrogen and oxygen atoms in total. The van der Waals surface area contributed by atoms with Gasteiger partial charge in [0, 0.05) is 12.8 Å². The maximum atomic E-state index is 12.6. The molecule has 0 saturated heterocycles. The molecule has 3 atom stereocenters. The summed E-state index contributed by atoms with van der Waals surface area (Å²) in [6.07, 6.45) is 47.3. The molecule has 60 heavy (non-hydrogen) atoms. The monoisotopic (exact) mass is 873 g/mol. The minimum atomic E-state index is -4.63. The predicted octanol–water partition coefficient (Wildman–Crippen LogP) is 13.7. The molecule has 0 aromatic rings. The summed E-state index contributed by atoms with van der Waals surface area (Å²) in [6, 6.07) is 0. The van der Waals surface area contributed by atoms with Crippen LogP contribution in [0, 0.1) is 0 Å². The van der Waals surface area contributed by atoms with Crippen LogP contribution in [-0.2, 0) is 32.7 Å². The molecule has 0 radical (unpaired) electrons. The average molecular weight is 873 g/mol. The van der Waals surface area contributed by atoms with Crippen molar-refractivity contribution >= 4 is 19.8 Å². The summed E-state index contributed by atoms with van der Waals surface area (Å²) in [5.74, 6) is -0.951. The fourth-order valence-electron chi connectivity index (χ4n) is 7.03. The van der Waals surface area contributed by atoms with Crippen molar-refractivity contribution in [2.45, 2.75) is 251 Å². The predicted molar refractivity (Wildman–Crippen MR) is 247 cm³/mol. The van der Waals surface area contributed by atoms with E-state index in [0.717, 1.165) is 44.9 Å². The number of aliphatic hydroxyl groups excluding tert-OH is 2. The lowest BCUT2D eigenvalue weighted by Gasteiger charge is -2.20. The van der Waals surface area contributed by atoms with E-state index < -0.39 is 51.8 Å². The van der Waals surface area contributed by atoms with Gasteiger partial charge in [-0.2, -0.15) is 0 Å². The second-order valence-corrected chi connectivity index (χ2v) is 18.3. The molecule has 11 heteroatoms. The highest BCUT2D eigenvalue weighted by atomic mass is 31.2. The van der Waals surface area contributed by atoms with Crippen molar-refractivity contribution in [1.29, 1.82) is 0 Å². The highest BCUT2D eigenvalue weighted by Gasteiger charge is 2.27. The summed E-state index contributed by atoms with van der Waals surface area (Å²) in [5.41, 5.74) is 0. The van der Waals surface area contributed by atoms with E-state index in [0.29, 0.717) is 12.8 Å². The van der Waals surface area contributed by atoms with Gasteiger partial charge in [0.05, 0.1) is 19.8 Å². The van der Waals surface area contributed by atoms with Crippen LogP contribution < -0.4 is 0 Å². The van der Waals surface area contributed by atoms with Crippen molar-refractivity contribution < 1.29 is 47.8 Å². The molecule has 0 aliphatic carbocycles. The highest BCUT2D eigenvalue weighted by molar-refractivity contribution is 7.47. The average Bonchev–Trinajstić information content (AvgIpc) is 3.24. The van der Waals surface area contributed by atoms with Crippen molar-refractivity contribution in [3.63, 3.8) is 0 Å². The molecule has 0 spiro atoms. The van der Waals surface area contributed by atoms with E-state index in [-0.39, 0.29) is 19.4 Å². The summed E-state index contributed by atoms with van der Waals surface area (Å²) in [7, 11) is -4.63. The Morgan fingerprint density at radius 2 is 0.867 bits per heavy atom. The van der Waals surface area contributed by atoms with Gasteiger partial charge in [0.2, 0.25) is 0 Å². The second-order valence-electron chi connectivity index (χ2n) is 16.8. The summed E-state index contributed by atoms with van der Waals surface area (Å²) in [5, 5.41) is 18.4. The van der Waals surface area contributed by atoms with Crippen molar-refractivity contribution in [2.75, 3.05) is 26.4 Å². The SMILES string of the molecule is CCCCCCCC/C=C/C/C=C/CCCCC(=O)O[C@H](COC(=O)CCCCCCCCCCCCCCCCCCCCCCCC)COP(=O)(O)OC[C@H](O)CO. The first-order valence-electron chi connectivity index (χ1n) is 24.8. The lowest BCUT2D eigenvalue weighted by Crippen LogP contribution is -2.29. The van der Waals surface area contributed by atoms with Crippen LogP contribution in [0.3, 0.4) is 0 Å². The van der Waals surface area contributed by atoms with E-state index in [9.17, 15) is 24.2 Å². The minimum Gasteiger partial charge on any atom is -0.462 e. The molecule has 0 aromatic heterocycles. The number of hydrogen-bond donors (Lipinski definition) is 3. The minimum absolute atomic E-state index is 0.145. The Bertz CT molecular complexity index is 1050. The largest absolute Gasteiger partial charge is 0.472 e. The third-order valence-electron chi connectivity index (χ3n) is 10.9. The summed E-state index contributed by atoms with van der Waals surface area (Å²) < 4.78 is 32.8. The summed E-state index contributed by atoms with van der Waals surface area (Å²) in [6.45, 7) is 2.38. The fourth-order valence-corrected chi connectivity index (χ4v) is 7.82. The van der Waals surface area contributed by atoms with Crippen molar-refractivity contribution in [2.24, 2.45) is 0 Å². The van der Waals surface area contributed by atoms with Crippen molar-refractivity contribution in [3.05, 3.63) is 24.3 Å². The number of carbonyl (C=O) groups excluding carboxylic acids is 2. The van der Waals surface area contributed by atoms with Crippen LogP contribution in [0.15, 0.2) is 24.3 Å². The summed E-state index contributed by atoms with van der Waals surface area (Å²) >= 11 is 0. The smallest absolute Gasteiger partial charge is 0.462 e.